The molecule has 2 aromatic rings. The molecule has 4 heteroatoms. The Morgan fingerprint density at radius 3 is 2.29 bits per heavy atom. The summed E-state index contributed by atoms with van der Waals surface area (Å²) in [6.45, 7) is 12.8. The first-order valence-corrected chi connectivity index (χ1v) is 13.9. The van der Waals surface area contributed by atoms with Crippen LogP contribution in [0.25, 0.3) is 0 Å². The third-order valence-electron chi connectivity index (χ3n) is 6.51. The van der Waals surface area contributed by atoms with Crippen LogP contribution in [-0.4, -0.2) is 37.0 Å². The fourth-order valence-corrected chi connectivity index (χ4v) is 6.44. The van der Waals surface area contributed by atoms with E-state index in [-0.39, 0.29) is 11.2 Å². The van der Waals surface area contributed by atoms with Gasteiger partial charge in [0, 0.05) is 0 Å². The molecule has 4 rings (SSSR count). The standard InChI is InChI=1S/C24H32N2OSi/c1-23(16-22(28(3,4)5)20-14-10-7-11-15-20)24(2,27-23)18-25-26-17-21(26)19-12-8-6-9-13-19/h6-15,18,21-22H,16-17H2,1-5H3/b25-18+. The van der Waals surface area contributed by atoms with Gasteiger partial charge in [0.25, 0.3) is 0 Å². The van der Waals surface area contributed by atoms with Crippen molar-refractivity contribution < 1.29 is 4.74 Å². The van der Waals surface area contributed by atoms with Crippen LogP contribution < -0.4 is 0 Å². The zero-order valence-electron chi connectivity index (χ0n) is 17.7. The molecule has 0 aliphatic carbocycles. The average molecular weight is 393 g/mol. The fourth-order valence-electron chi connectivity index (χ4n) is 4.24. The van der Waals surface area contributed by atoms with Crippen LogP contribution in [0.2, 0.25) is 19.6 Å². The monoisotopic (exact) mass is 392 g/mol. The molecule has 0 spiro atoms. The lowest BCUT2D eigenvalue weighted by Crippen LogP contribution is -2.36. The second kappa shape index (κ2) is 6.85. The van der Waals surface area contributed by atoms with E-state index < -0.39 is 8.07 Å². The molecule has 0 bridgehead atoms. The molecule has 3 nitrogen and oxygen atoms in total. The Balaban J connectivity index is 1.43. The fraction of sp³-hybridized carbons (Fsp3) is 0.458. The Hall–Kier alpha value is -1.91. The van der Waals surface area contributed by atoms with E-state index in [2.05, 4.69) is 99.2 Å². The molecule has 2 fully saturated rings. The first kappa shape index (κ1) is 19.4. The summed E-state index contributed by atoms with van der Waals surface area (Å²) in [5, 5.41) is 6.91. The largest absolute Gasteiger partial charge is 0.357 e. The third-order valence-corrected chi connectivity index (χ3v) is 9.14. The van der Waals surface area contributed by atoms with Gasteiger partial charge in [-0.05, 0) is 36.9 Å². The van der Waals surface area contributed by atoms with Crippen LogP contribution in [0.1, 0.15) is 43.0 Å². The zero-order chi connectivity index (χ0) is 20.0. The second-order valence-corrected chi connectivity index (χ2v) is 15.2. The molecule has 0 radical (unpaired) electrons. The van der Waals surface area contributed by atoms with Gasteiger partial charge in [0.05, 0.1) is 26.9 Å². The van der Waals surface area contributed by atoms with Crippen molar-refractivity contribution >= 4 is 14.3 Å². The molecule has 0 N–H and O–H groups in total. The van der Waals surface area contributed by atoms with E-state index in [0.29, 0.717) is 11.6 Å². The van der Waals surface area contributed by atoms with Crippen molar-refractivity contribution in [2.75, 3.05) is 6.54 Å². The van der Waals surface area contributed by atoms with Crippen LogP contribution in [0.4, 0.5) is 0 Å². The van der Waals surface area contributed by atoms with E-state index in [9.17, 15) is 0 Å². The third kappa shape index (κ3) is 3.81. The predicted molar refractivity (Wildman–Crippen MR) is 119 cm³/mol. The highest BCUT2D eigenvalue weighted by Crippen LogP contribution is 2.53. The van der Waals surface area contributed by atoms with E-state index in [1.165, 1.54) is 11.1 Å². The number of benzene rings is 2. The molecule has 2 aromatic carbocycles. The Kier molecular flexibility index (Phi) is 4.75. The topological polar surface area (TPSA) is 27.9 Å². The van der Waals surface area contributed by atoms with Crippen LogP contribution in [0, 0.1) is 0 Å². The molecule has 2 saturated heterocycles. The van der Waals surface area contributed by atoms with Crippen LogP contribution in [0.3, 0.4) is 0 Å². The van der Waals surface area contributed by atoms with Crippen molar-refractivity contribution in [2.45, 2.75) is 62.7 Å². The van der Waals surface area contributed by atoms with Crippen LogP contribution in [-0.2, 0) is 4.74 Å². The van der Waals surface area contributed by atoms with E-state index in [1.807, 2.05) is 6.21 Å². The maximum Gasteiger partial charge on any atom is 0.131 e. The number of ether oxygens (including phenoxy) is 1. The minimum Gasteiger partial charge on any atom is -0.357 e. The first-order valence-electron chi connectivity index (χ1n) is 10.3. The van der Waals surface area contributed by atoms with Gasteiger partial charge in [0.1, 0.15) is 11.2 Å². The molecule has 0 amide bonds. The highest BCUT2D eigenvalue weighted by Gasteiger charge is 2.64. The summed E-state index contributed by atoms with van der Waals surface area (Å²) < 4.78 is 6.30. The Morgan fingerprint density at radius 2 is 1.68 bits per heavy atom. The molecule has 148 valence electrons. The maximum atomic E-state index is 6.30. The second-order valence-electron chi connectivity index (χ2n) is 9.77. The van der Waals surface area contributed by atoms with E-state index in [0.717, 1.165) is 13.0 Å². The number of epoxide rings is 1. The smallest absolute Gasteiger partial charge is 0.131 e. The Labute approximate surface area is 170 Å². The lowest BCUT2D eigenvalue weighted by Gasteiger charge is -2.31. The Morgan fingerprint density at radius 1 is 1.07 bits per heavy atom. The van der Waals surface area contributed by atoms with Crippen molar-refractivity contribution in [3.05, 3.63) is 71.8 Å². The van der Waals surface area contributed by atoms with Gasteiger partial charge in [-0.2, -0.15) is 5.10 Å². The predicted octanol–water partition coefficient (Wildman–Crippen LogP) is 5.63. The Bertz CT molecular complexity index is 848. The minimum absolute atomic E-state index is 0.143. The van der Waals surface area contributed by atoms with Crippen molar-refractivity contribution in [3.8, 4) is 0 Å². The summed E-state index contributed by atoms with van der Waals surface area (Å²) in [5.41, 5.74) is 2.95. The van der Waals surface area contributed by atoms with E-state index in [4.69, 9.17) is 9.84 Å². The summed E-state index contributed by atoms with van der Waals surface area (Å²) >= 11 is 0. The molecule has 2 aliphatic rings. The van der Waals surface area contributed by atoms with Crippen LogP contribution >= 0.6 is 0 Å². The molecule has 0 aromatic heterocycles. The molecule has 4 atom stereocenters. The van der Waals surface area contributed by atoms with Crippen molar-refractivity contribution in [1.29, 1.82) is 0 Å². The van der Waals surface area contributed by atoms with Gasteiger partial charge in [0.2, 0.25) is 0 Å². The van der Waals surface area contributed by atoms with Gasteiger partial charge < -0.3 is 4.74 Å². The minimum atomic E-state index is -1.38. The van der Waals surface area contributed by atoms with Gasteiger partial charge in [-0.15, -0.1) is 0 Å². The highest BCUT2D eigenvalue weighted by atomic mass is 28.3. The van der Waals surface area contributed by atoms with Crippen molar-refractivity contribution in [1.82, 2.24) is 5.01 Å². The summed E-state index contributed by atoms with van der Waals surface area (Å²) in [6, 6.07) is 22.0. The quantitative estimate of drug-likeness (QED) is 0.347. The molecule has 28 heavy (non-hydrogen) atoms. The lowest BCUT2D eigenvalue weighted by atomic mass is 9.90. The summed E-state index contributed by atoms with van der Waals surface area (Å²) in [4.78, 5) is 0. The SMILES string of the molecule is CC1(/C=N/N2CC2c2ccccc2)OC1(C)CC(c1ccccc1)[Si](C)(C)C. The molecular formula is C24H32N2OSi. The van der Waals surface area contributed by atoms with Crippen LogP contribution in [0.15, 0.2) is 65.8 Å². The summed E-state index contributed by atoms with van der Waals surface area (Å²) in [5.74, 6) is 0. The normalized spacial score (nSPS) is 30.5. The molecule has 2 aliphatic heterocycles. The van der Waals surface area contributed by atoms with Gasteiger partial charge in [-0.3, -0.25) is 5.01 Å². The first-order chi connectivity index (χ1) is 13.2. The maximum absolute atomic E-state index is 6.30. The number of hydrazone groups is 1. The van der Waals surface area contributed by atoms with Crippen LogP contribution in [0.5, 0.6) is 0 Å². The number of rotatable bonds is 7. The number of nitrogens with zero attached hydrogens (tertiary/aromatic N) is 2. The molecule has 4 unspecified atom stereocenters. The summed E-state index contributed by atoms with van der Waals surface area (Å²) in [7, 11) is -1.38. The van der Waals surface area contributed by atoms with Crippen molar-refractivity contribution in [3.63, 3.8) is 0 Å². The molecule has 0 saturated carbocycles. The van der Waals surface area contributed by atoms with E-state index in [1.54, 1.807) is 0 Å². The highest BCUT2D eigenvalue weighted by molar-refractivity contribution is 6.77. The number of hydrogen-bond donors (Lipinski definition) is 0. The van der Waals surface area contributed by atoms with Gasteiger partial charge in [-0.1, -0.05) is 80.3 Å². The lowest BCUT2D eigenvalue weighted by molar-refractivity contribution is 0.287. The van der Waals surface area contributed by atoms with E-state index >= 15 is 0 Å². The summed E-state index contributed by atoms with van der Waals surface area (Å²) in [6.07, 6.45) is 3.10. The van der Waals surface area contributed by atoms with Gasteiger partial charge >= 0.3 is 0 Å². The average Bonchev–Trinajstić information content (AvgIpc) is 3.55. The molecular weight excluding hydrogens is 360 g/mol. The molecule has 2 heterocycles. The van der Waals surface area contributed by atoms with Gasteiger partial charge in [0.15, 0.2) is 0 Å². The van der Waals surface area contributed by atoms with Crippen molar-refractivity contribution in [2.24, 2.45) is 5.10 Å². The van der Waals surface area contributed by atoms with Gasteiger partial charge in [-0.25, -0.2) is 0 Å². The zero-order valence-corrected chi connectivity index (χ0v) is 18.7. The number of hydrogen-bond acceptors (Lipinski definition) is 3.